The van der Waals surface area contributed by atoms with Crippen LogP contribution in [0.1, 0.15) is 0 Å². The Bertz CT molecular complexity index is 550. The number of hydrogen-bond donors (Lipinski definition) is 3. The smallest absolute Gasteiger partial charge is 0.161 e. The predicted octanol–water partition coefficient (Wildman–Crippen LogP) is -0.0377. The summed E-state index contributed by atoms with van der Waals surface area (Å²) in [6.07, 6.45) is 4.29. The average molecular weight is 258 g/mol. The van der Waals surface area contributed by atoms with Crippen LogP contribution < -0.4 is 0 Å². The third-order valence-electron chi connectivity index (χ3n) is 1.82. The molecule has 4 rings (SSSR count). The van der Waals surface area contributed by atoms with E-state index < -0.39 is 0 Å². The van der Waals surface area contributed by atoms with Crippen molar-refractivity contribution in [2.45, 2.75) is 0 Å². The Balaban J connectivity index is 0.000000114. The van der Waals surface area contributed by atoms with Crippen LogP contribution in [-0.2, 0) is 0 Å². The topological polar surface area (TPSA) is 138 Å². The van der Waals surface area contributed by atoms with Gasteiger partial charge in [-0.15, -0.1) is 10.2 Å². The normalized spacial score (nSPS) is 9.05. The summed E-state index contributed by atoms with van der Waals surface area (Å²) in [7, 11) is 0. The number of rotatable bonds is 0. The molecule has 0 saturated heterocycles. The predicted molar refractivity (Wildman–Crippen MR) is 64.4 cm³/mol. The molecule has 3 N–H and O–H groups in total. The summed E-state index contributed by atoms with van der Waals surface area (Å²) in [5.41, 5.74) is 1.83. The Labute approximate surface area is 106 Å². The van der Waals surface area contributed by atoms with Gasteiger partial charge in [0.05, 0.1) is 0 Å². The second-order valence-corrected chi connectivity index (χ2v) is 3.02. The van der Waals surface area contributed by atoms with Gasteiger partial charge in [0.1, 0.15) is 23.7 Å². The van der Waals surface area contributed by atoms with E-state index in [-0.39, 0.29) is 0 Å². The molecule has 3 heterocycles. The molecule has 1 aromatic carbocycles. The number of para-hydroxylation sites is 2. The van der Waals surface area contributed by atoms with E-state index in [1.807, 2.05) is 24.3 Å². The molecule has 0 fully saturated rings. The Morgan fingerprint density at radius 2 is 1.63 bits per heavy atom. The number of tetrazole rings is 1. The molecule has 10 heteroatoms. The van der Waals surface area contributed by atoms with Crippen molar-refractivity contribution in [1.29, 1.82) is 0 Å². The first kappa shape index (κ1) is 12.3. The molecule has 0 atom stereocenters. The Hall–Kier alpha value is -3.17. The summed E-state index contributed by atoms with van der Waals surface area (Å²) in [6.45, 7) is 0. The fourth-order valence-corrected chi connectivity index (χ4v) is 1.08. The van der Waals surface area contributed by atoms with E-state index in [1.165, 1.54) is 19.0 Å². The number of aromatic amines is 3. The lowest BCUT2D eigenvalue weighted by Crippen LogP contribution is -1.64. The third-order valence-corrected chi connectivity index (χ3v) is 1.82. The van der Waals surface area contributed by atoms with Crippen LogP contribution in [-0.4, -0.2) is 51.2 Å². The zero-order valence-electron chi connectivity index (χ0n) is 9.67. The van der Waals surface area contributed by atoms with E-state index in [1.54, 1.807) is 0 Å². The van der Waals surface area contributed by atoms with Crippen molar-refractivity contribution in [3.05, 3.63) is 43.2 Å². The van der Waals surface area contributed by atoms with E-state index in [0.29, 0.717) is 0 Å². The van der Waals surface area contributed by atoms with Crippen LogP contribution in [0.3, 0.4) is 0 Å². The molecule has 0 aliphatic rings. The summed E-state index contributed by atoms with van der Waals surface area (Å²) in [5, 5.41) is 28.5. The zero-order valence-corrected chi connectivity index (χ0v) is 9.67. The SMILES string of the molecule is c1ccc2n[nH]nc2c1.c1nc[nH]n1.c1nn[nH]n1. The van der Waals surface area contributed by atoms with Crippen molar-refractivity contribution in [3.63, 3.8) is 0 Å². The highest BCUT2D eigenvalue weighted by Gasteiger charge is 1.90. The Morgan fingerprint density at radius 1 is 0.842 bits per heavy atom. The van der Waals surface area contributed by atoms with Gasteiger partial charge in [-0.25, -0.2) is 4.98 Å². The molecule has 10 nitrogen and oxygen atoms in total. The maximum atomic E-state index is 3.88. The second-order valence-electron chi connectivity index (χ2n) is 3.02. The number of nitrogens with zero attached hydrogens (tertiary/aromatic N) is 7. The van der Waals surface area contributed by atoms with Crippen LogP contribution >= 0.6 is 0 Å². The lowest BCUT2D eigenvalue weighted by atomic mass is 10.3. The van der Waals surface area contributed by atoms with Crippen LogP contribution in [0.5, 0.6) is 0 Å². The van der Waals surface area contributed by atoms with Crippen molar-refractivity contribution in [1.82, 2.24) is 51.2 Å². The molecule has 96 valence electrons. The molecule has 0 radical (unpaired) electrons. The summed E-state index contributed by atoms with van der Waals surface area (Å²) in [5.74, 6) is 0. The Morgan fingerprint density at radius 3 is 2.00 bits per heavy atom. The van der Waals surface area contributed by atoms with Gasteiger partial charge in [0, 0.05) is 0 Å². The highest BCUT2D eigenvalue weighted by Crippen LogP contribution is 2.03. The maximum absolute atomic E-state index is 3.88. The van der Waals surface area contributed by atoms with E-state index in [9.17, 15) is 0 Å². The van der Waals surface area contributed by atoms with Crippen molar-refractivity contribution < 1.29 is 0 Å². The summed E-state index contributed by atoms with van der Waals surface area (Å²) in [6, 6.07) is 7.70. The van der Waals surface area contributed by atoms with Gasteiger partial charge in [-0.1, -0.05) is 17.3 Å². The molecule has 0 aliphatic heterocycles. The molecule has 0 bridgehead atoms. The lowest BCUT2D eigenvalue weighted by molar-refractivity contribution is 0.881. The molecule has 0 unspecified atom stereocenters. The molecular formula is C9H10N10. The zero-order chi connectivity index (χ0) is 13.2. The van der Waals surface area contributed by atoms with Gasteiger partial charge in [0.15, 0.2) is 6.33 Å². The van der Waals surface area contributed by atoms with Gasteiger partial charge in [-0.05, 0) is 12.1 Å². The fraction of sp³-hybridized carbons (Fsp3) is 0. The van der Waals surface area contributed by atoms with Crippen LogP contribution in [0.2, 0.25) is 0 Å². The minimum absolute atomic E-state index is 0.914. The van der Waals surface area contributed by atoms with Crippen molar-refractivity contribution in [3.8, 4) is 0 Å². The van der Waals surface area contributed by atoms with Gasteiger partial charge in [-0.3, -0.25) is 5.10 Å². The molecule has 19 heavy (non-hydrogen) atoms. The number of benzene rings is 1. The van der Waals surface area contributed by atoms with E-state index in [0.717, 1.165) is 11.0 Å². The maximum Gasteiger partial charge on any atom is 0.161 e. The van der Waals surface area contributed by atoms with Gasteiger partial charge < -0.3 is 0 Å². The van der Waals surface area contributed by atoms with Gasteiger partial charge in [-0.2, -0.15) is 25.7 Å². The number of H-pyrrole nitrogens is 3. The standard InChI is InChI=1S/C6H5N3.C2H3N3.CH2N4/c1-2-4-6-5(3-1)7-9-8-6;1-3-2-5-4-1;1-2-4-5-3-1/h1-4H,(H,7,8,9);1-2H,(H,3,4,5);1H,(H,2,3,4,5). The molecule has 0 saturated carbocycles. The van der Waals surface area contributed by atoms with Gasteiger partial charge in [0.25, 0.3) is 0 Å². The minimum Gasteiger partial charge on any atom is -0.266 e. The van der Waals surface area contributed by atoms with Crippen LogP contribution in [0.25, 0.3) is 11.0 Å². The first-order chi connectivity index (χ1) is 9.47. The largest absolute Gasteiger partial charge is 0.266 e. The van der Waals surface area contributed by atoms with Crippen molar-refractivity contribution >= 4 is 11.0 Å². The second kappa shape index (κ2) is 7.21. The Kier molecular flexibility index (Phi) is 4.67. The van der Waals surface area contributed by atoms with E-state index in [2.05, 4.69) is 51.2 Å². The number of hydrogen-bond acceptors (Lipinski definition) is 7. The molecule has 0 spiro atoms. The summed E-state index contributed by atoms with van der Waals surface area (Å²) in [4.78, 5) is 3.56. The monoisotopic (exact) mass is 258 g/mol. The summed E-state index contributed by atoms with van der Waals surface area (Å²) >= 11 is 0. The molecule has 3 aromatic heterocycles. The van der Waals surface area contributed by atoms with Gasteiger partial charge >= 0.3 is 0 Å². The highest BCUT2D eigenvalue weighted by atomic mass is 15.5. The van der Waals surface area contributed by atoms with E-state index in [4.69, 9.17) is 0 Å². The fourth-order valence-electron chi connectivity index (χ4n) is 1.08. The molecular weight excluding hydrogens is 248 g/mol. The number of fused-ring (bicyclic) bond motifs is 1. The highest BCUT2D eigenvalue weighted by molar-refractivity contribution is 5.72. The quantitative estimate of drug-likeness (QED) is 0.402. The first-order valence-electron chi connectivity index (χ1n) is 5.17. The van der Waals surface area contributed by atoms with Crippen molar-refractivity contribution in [2.75, 3.05) is 0 Å². The van der Waals surface area contributed by atoms with Crippen LogP contribution in [0.4, 0.5) is 0 Å². The van der Waals surface area contributed by atoms with Crippen molar-refractivity contribution in [2.24, 2.45) is 0 Å². The lowest BCUT2D eigenvalue weighted by Gasteiger charge is -1.78. The average Bonchev–Trinajstić information content (AvgIpc) is 3.22. The van der Waals surface area contributed by atoms with E-state index >= 15 is 0 Å². The minimum atomic E-state index is 0.914. The van der Waals surface area contributed by atoms with Crippen LogP contribution in [0.15, 0.2) is 43.2 Å². The molecule has 4 aromatic rings. The first-order valence-corrected chi connectivity index (χ1v) is 5.17. The third kappa shape index (κ3) is 4.30. The number of nitrogens with one attached hydrogen (secondary N) is 3. The van der Waals surface area contributed by atoms with Gasteiger partial charge in [0.2, 0.25) is 0 Å². The van der Waals surface area contributed by atoms with Crippen LogP contribution in [0, 0.1) is 0 Å². The molecule has 0 aliphatic carbocycles. The number of aromatic nitrogens is 10. The summed E-state index contributed by atoms with van der Waals surface area (Å²) < 4.78 is 0. The molecule has 0 amide bonds.